The summed E-state index contributed by atoms with van der Waals surface area (Å²) >= 11 is 1.58. The number of nitrogens with one attached hydrogen (secondary N) is 3. The molecule has 13 heteroatoms. The average Bonchev–Trinajstić information content (AvgIpc) is 3.79. The van der Waals surface area contributed by atoms with Gasteiger partial charge in [0, 0.05) is 24.5 Å². The minimum absolute atomic E-state index is 0.114. The van der Waals surface area contributed by atoms with Crippen LogP contribution in [0.2, 0.25) is 0 Å². The monoisotopic (exact) mass is 704 g/mol. The van der Waals surface area contributed by atoms with Crippen LogP contribution in [0.15, 0.2) is 82.8 Å². The van der Waals surface area contributed by atoms with Crippen LogP contribution in [0.3, 0.4) is 0 Å². The van der Waals surface area contributed by atoms with Gasteiger partial charge in [0.15, 0.2) is 12.4 Å². The fourth-order valence-electron chi connectivity index (χ4n) is 5.48. The summed E-state index contributed by atoms with van der Waals surface area (Å²) in [5.41, 5.74) is 2.67. The predicted molar refractivity (Wildman–Crippen MR) is 191 cm³/mol. The molecule has 0 unspecified atom stereocenters. The Morgan fingerprint density at radius 1 is 0.960 bits per heavy atom. The standard InChI is InChI=1S/C37H48N6O6S/c1-5-12-33-39-29(24-50-33)22-43(4)36(46)42-34(25(2)3)35(45)40-28(19-26-13-8-6-9-14-26)21-32(44)31(20-27-15-10-7-11-16-27)41-37(47)48-23-30-17-18-38-49-30/h6-11,13-18,24-25,28,31-32,34,44H,5,12,19-23H2,1-4H3,(H,40,45)(H,41,47)(H,42,46)/t28-,31-,32-,34-/m0/s1. The second-order valence-corrected chi connectivity index (χ2v) is 13.6. The first-order chi connectivity index (χ1) is 24.1. The van der Waals surface area contributed by atoms with Gasteiger partial charge in [-0.1, -0.05) is 86.6 Å². The number of hydrogen-bond donors (Lipinski definition) is 4. The van der Waals surface area contributed by atoms with Crippen LogP contribution in [0, 0.1) is 5.92 Å². The number of urea groups is 1. The number of alkyl carbamates (subject to hydrolysis) is 1. The van der Waals surface area contributed by atoms with E-state index in [0.29, 0.717) is 25.1 Å². The summed E-state index contributed by atoms with van der Waals surface area (Å²) in [6.07, 6.45) is 2.40. The molecule has 2 heterocycles. The Kier molecular flexibility index (Phi) is 14.8. The van der Waals surface area contributed by atoms with Crippen LogP contribution in [0.5, 0.6) is 0 Å². The second kappa shape index (κ2) is 19.4. The Morgan fingerprint density at radius 3 is 2.26 bits per heavy atom. The first kappa shape index (κ1) is 38.1. The normalized spacial score (nSPS) is 13.6. The maximum atomic E-state index is 13.9. The molecule has 50 heavy (non-hydrogen) atoms. The Morgan fingerprint density at radius 2 is 1.64 bits per heavy atom. The van der Waals surface area contributed by atoms with Crippen molar-refractivity contribution in [2.75, 3.05) is 7.05 Å². The summed E-state index contributed by atoms with van der Waals surface area (Å²) in [6, 6.07) is 18.2. The topological polar surface area (TPSA) is 159 Å². The number of nitrogens with zero attached hydrogens (tertiary/aromatic N) is 3. The fraction of sp³-hybridized carbons (Fsp3) is 0.432. The van der Waals surface area contributed by atoms with Crippen molar-refractivity contribution >= 4 is 29.4 Å². The van der Waals surface area contributed by atoms with Gasteiger partial charge in [0.25, 0.3) is 0 Å². The molecule has 0 aliphatic heterocycles. The molecule has 0 spiro atoms. The highest BCUT2D eigenvalue weighted by Gasteiger charge is 2.31. The number of hydrogen-bond acceptors (Lipinski definition) is 9. The van der Waals surface area contributed by atoms with E-state index in [0.717, 1.165) is 34.7 Å². The average molecular weight is 705 g/mol. The summed E-state index contributed by atoms with van der Waals surface area (Å²) < 4.78 is 10.3. The van der Waals surface area contributed by atoms with Gasteiger partial charge in [-0.15, -0.1) is 11.3 Å². The van der Waals surface area contributed by atoms with E-state index in [1.54, 1.807) is 24.5 Å². The minimum atomic E-state index is -1.07. The van der Waals surface area contributed by atoms with Crippen LogP contribution in [0.25, 0.3) is 0 Å². The molecule has 2 aromatic heterocycles. The highest BCUT2D eigenvalue weighted by molar-refractivity contribution is 7.09. The smallest absolute Gasteiger partial charge is 0.407 e. The van der Waals surface area contributed by atoms with Gasteiger partial charge in [-0.05, 0) is 49.1 Å². The lowest BCUT2D eigenvalue weighted by Crippen LogP contribution is -2.55. The van der Waals surface area contributed by atoms with E-state index in [9.17, 15) is 19.5 Å². The van der Waals surface area contributed by atoms with Crippen LogP contribution in [0.1, 0.15) is 61.2 Å². The molecule has 4 aromatic rings. The van der Waals surface area contributed by atoms with Crippen molar-refractivity contribution in [3.8, 4) is 0 Å². The molecule has 0 saturated carbocycles. The SMILES string of the molecule is CCCc1nc(CN(C)C(=O)N[C@H](C(=O)N[C@@H](Cc2ccccc2)C[C@H](O)[C@H](Cc2ccccc2)NC(=O)OCc2ccno2)C(C)C)cs1. The van der Waals surface area contributed by atoms with E-state index < -0.39 is 30.3 Å². The van der Waals surface area contributed by atoms with Crippen molar-refractivity contribution in [3.63, 3.8) is 0 Å². The van der Waals surface area contributed by atoms with Crippen molar-refractivity contribution in [2.24, 2.45) is 5.92 Å². The van der Waals surface area contributed by atoms with E-state index in [1.165, 1.54) is 11.1 Å². The number of benzene rings is 2. The molecule has 4 rings (SSSR count). The predicted octanol–water partition coefficient (Wildman–Crippen LogP) is 5.27. The number of aliphatic hydroxyl groups excluding tert-OH is 1. The van der Waals surface area contributed by atoms with Crippen LogP contribution in [0.4, 0.5) is 9.59 Å². The van der Waals surface area contributed by atoms with E-state index in [2.05, 4.69) is 33.0 Å². The summed E-state index contributed by atoms with van der Waals surface area (Å²) in [5, 5.41) is 27.1. The van der Waals surface area contributed by atoms with Gasteiger partial charge in [0.1, 0.15) is 6.04 Å². The highest BCUT2D eigenvalue weighted by atomic mass is 32.1. The number of carbonyl (C=O) groups is 3. The zero-order valence-corrected chi connectivity index (χ0v) is 29.9. The molecule has 12 nitrogen and oxygen atoms in total. The molecular formula is C37H48N6O6S. The number of rotatable bonds is 18. The number of aromatic nitrogens is 2. The number of ether oxygens (including phenoxy) is 1. The van der Waals surface area contributed by atoms with Crippen molar-refractivity contribution in [1.82, 2.24) is 31.0 Å². The van der Waals surface area contributed by atoms with Gasteiger partial charge in [-0.2, -0.15) is 0 Å². The number of aryl methyl sites for hydroxylation is 1. The zero-order chi connectivity index (χ0) is 35.9. The number of amides is 4. The van der Waals surface area contributed by atoms with Gasteiger partial charge in [-0.25, -0.2) is 14.6 Å². The number of carbonyl (C=O) groups excluding carboxylic acids is 3. The third-order valence-electron chi connectivity index (χ3n) is 8.14. The molecule has 4 atom stereocenters. The van der Waals surface area contributed by atoms with Gasteiger partial charge in [0.2, 0.25) is 5.91 Å². The summed E-state index contributed by atoms with van der Waals surface area (Å²) in [6.45, 7) is 6.04. The van der Waals surface area contributed by atoms with Crippen LogP contribution >= 0.6 is 11.3 Å². The maximum Gasteiger partial charge on any atom is 0.407 e. The second-order valence-electron chi connectivity index (χ2n) is 12.7. The quantitative estimate of drug-likeness (QED) is 0.109. The molecule has 0 bridgehead atoms. The first-order valence-corrected chi connectivity index (χ1v) is 17.8. The fourth-order valence-corrected chi connectivity index (χ4v) is 6.37. The van der Waals surface area contributed by atoms with Crippen molar-refractivity contribution in [2.45, 2.75) is 90.3 Å². The van der Waals surface area contributed by atoms with Gasteiger partial charge < -0.3 is 35.2 Å². The third kappa shape index (κ3) is 12.3. The lowest BCUT2D eigenvalue weighted by Gasteiger charge is -2.30. The lowest BCUT2D eigenvalue weighted by molar-refractivity contribution is -0.124. The first-order valence-electron chi connectivity index (χ1n) is 16.9. The van der Waals surface area contributed by atoms with Crippen LogP contribution < -0.4 is 16.0 Å². The summed E-state index contributed by atoms with van der Waals surface area (Å²) in [5.74, 6) is -0.210. The number of aliphatic hydroxyl groups is 1. The maximum absolute atomic E-state index is 13.9. The lowest BCUT2D eigenvalue weighted by atomic mass is 9.93. The van der Waals surface area contributed by atoms with Crippen LogP contribution in [-0.2, 0) is 41.9 Å². The van der Waals surface area contributed by atoms with E-state index in [1.807, 2.05) is 79.9 Å². The Hall–Kier alpha value is -4.75. The van der Waals surface area contributed by atoms with E-state index in [-0.39, 0.29) is 30.9 Å². The molecular weight excluding hydrogens is 657 g/mol. The summed E-state index contributed by atoms with van der Waals surface area (Å²) in [4.78, 5) is 46.1. The molecule has 0 fully saturated rings. The third-order valence-corrected chi connectivity index (χ3v) is 9.09. The van der Waals surface area contributed by atoms with Crippen LogP contribution in [-0.4, -0.2) is 69.5 Å². The molecule has 2 aromatic carbocycles. The summed E-state index contributed by atoms with van der Waals surface area (Å²) in [7, 11) is 1.68. The number of thiazole rings is 1. The van der Waals surface area contributed by atoms with Crippen molar-refractivity contribution < 1.29 is 28.8 Å². The Labute approximate surface area is 297 Å². The van der Waals surface area contributed by atoms with E-state index in [4.69, 9.17) is 9.26 Å². The highest BCUT2D eigenvalue weighted by Crippen LogP contribution is 2.17. The largest absolute Gasteiger partial charge is 0.441 e. The molecule has 0 aliphatic rings. The molecule has 4 amide bonds. The molecule has 0 aliphatic carbocycles. The van der Waals surface area contributed by atoms with Crippen molar-refractivity contribution in [1.29, 1.82) is 0 Å². The van der Waals surface area contributed by atoms with Gasteiger partial charge in [-0.3, -0.25) is 4.79 Å². The van der Waals surface area contributed by atoms with Gasteiger partial charge in [0.05, 0.1) is 35.6 Å². The molecule has 0 saturated heterocycles. The van der Waals surface area contributed by atoms with E-state index >= 15 is 0 Å². The zero-order valence-electron chi connectivity index (χ0n) is 29.1. The molecule has 268 valence electrons. The Bertz CT molecular complexity index is 1600. The van der Waals surface area contributed by atoms with Crippen molar-refractivity contribution in [3.05, 3.63) is 106 Å². The Balaban J connectivity index is 1.46. The minimum Gasteiger partial charge on any atom is -0.441 e. The van der Waals surface area contributed by atoms with Gasteiger partial charge >= 0.3 is 12.1 Å². The molecule has 4 N–H and O–H groups in total. The molecule has 0 radical (unpaired) electrons.